The van der Waals surface area contributed by atoms with E-state index in [1.165, 1.54) is 12.8 Å². The van der Waals surface area contributed by atoms with Gasteiger partial charge >= 0.3 is 0 Å². The Morgan fingerprint density at radius 3 is 2.71 bits per heavy atom. The molecule has 0 radical (unpaired) electrons. The van der Waals surface area contributed by atoms with Crippen LogP contribution in [0.1, 0.15) is 56.3 Å². The third-order valence-electron chi connectivity index (χ3n) is 3.94. The minimum absolute atomic E-state index is 0.0142. The molecule has 0 heterocycles. The van der Waals surface area contributed by atoms with Crippen molar-refractivity contribution in [3.05, 3.63) is 35.4 Å². The molecule has 2 rings (SSSR count). The van der Waals surface area contributed by atoms with Gasteiger partial charge < -0.3 is 0 Å². The van der Waals surface area contributed by atoms with Gasteiger partial charge in [0.25, 0.3) is 0 Å². The van der Waals surface area contributed by atoms with Gasteiger partial charge in [0, 0.05) is 11.8 Å². The fraction of sp³-hybridized carbons (Fsp3) is 0.533. The summed E-state index contributed by atoms with van der Waals surface area (Å²) in [6.07, 6.45) is 4.09. The van der Waals surface area contributed by atoms with Crippen molar-refractivity contribution in [3.8, 4) is 6.07 Å². The Balaban J connectivity index is 2.37. The van der Waals surface area contributed by atoms with E-state index in [9.17, 15) is 4.39 Å². The molecule has 0 bridgehead atoms. The summed E-state index contributed by atoms with van der Waals surface area (Å²) in [5.41, 5.74) is 1.87. The SMILES string of the molecule is CC(F)c1cccc(C2(CC#N)CCCC2)c1. The minimum atomic E-state index is -0.935. The predicted octanol–water partition coefficient (Wildman–Crippen LogP) is 4.44. The molecule has 1 fully saturated rings. The number of hydrogen-bond acceptors (Lipinski definition) is 1. The van der Waals surface area contributed by atoms with Gasteiger partial charge in [0.2, 0.25) is 0 Å². The highest BCUT2D eigenvalue weighted by molar-refractivity contribution is 5.33. The Labute approximate surface area is 102 Å². The van der Waals surface area contributed by atoms with Gasteiger partial charge in [-0.3, -0.25) is 0 Å². The van der Waals surface area contributed by atoms with Gasteiger partial charge in [0.15, 0.2) is 0 Å². The summed E-state index contributed by atoms with van der Waals surface area (Å²) in [4.78, 5) is 0. The molecule has 0 spiro atoms. The number of hydrogen-bond donors (Lipinski definition) is 0. The minimum Gasteiger partial charge on any atom is -0.243 e. The highest BCUT2D eigenvalue weighted by Gasteiger charge is 2.35. The molecule has 0 aromatic heterocycles. The van der Waals surface area contributed by atoms with Gasteiger partial charge in [-0.15, -0.1) is 0 Å². The average Bonchev–Trinajstić information content (AvgIpc) is 2.80. The lowest BCUT2D eigenvalue weighted by Crippen LogP contribution is -2.21. The van der Waals surface area contributed by atoms with Crippen LogP contribution < -0.4 is 0 Å². The van der Waals surface area contributed by atoms with Crippen LogP contribution in [0, 0.1) is 11.3 Å². The maximum atomic E-state index is 13.3. The standard InChI is InChI=1S/C15H18FN/c1-12(16)13-5-4-6-14(11-13)15(9-10-17)7-2-3-8-15/h4-6,11-12H,2-3,7-9H2,1H3. The second kappa shape index (κ2) is 4.87. The lowest BCUT2D eigenvalue weighted by atomic mass is 9.76. The topological polar surface area (TPSA) is 23.8 Å². The molecule has 1 aliphatic rings. The zero-order valence-corrected chi connectivity index (χ0v) is 10.2. The Morgan fingerprint density at radius 1 is 1.41 bits per heavy atom. The van der Waals surface area contributed by atoms with Gasteiger partial charge in [-0.1, -0.05) is 37.1 Å². The molecule has 0 amide bonds. The first-order chi connectivity index (χ1) is 8.18. The highest BCUT2D eigenvalue weighted by atomic mass is 19.1. The van der Waals surface area contributed by atoms with E-state index in [1.54, 1.807) is 6.92 Å². The van der Waals surface area contributed by atoms with Crippen molar-refractivity contribution in [2.24, 2.45) is 0 Å². The molecule has 0 saturated heterocycles. The smallest absolute Gasteiger partial charge is 0.122 e. The van der Waals surface area contributed by atoms with Crippen molar-refractivity contribution in [3.63, 3.8) is 0 Å². The van der Waals surface area contributed by atoms with E-state index in [0.717, 1.165) is 24.0 Å². The van der Waals surface area contributed by atoms with Crippen LogP contribution in [0.2, 0.25) is 0 Å². The van der Waals surface area contributed by atoms with Crippen molar-refractivity contribution in [1.82, 2.24) is 0 Å². The van der Waals surface area contributed by atoms with Gasteiger partial charge in [-0.05, 0) is 30.9 Å². The van der Waals surface area contributed by atoms with Gasteiger partial charge in [-0.2, -0.15) is 5.26 Å². The van der Waals surface area contributed by atoms with Crippen LogP contribution in [0.5, 0.6) is 0 Å². The van der Waals surface area contributed by atoms with Crippen molar-refractivity contribution >= 4 is 0 Å². The van der Waals surface area contributed by atoms with Crippen molar-refractivity contribution in [2.45, 2.75) is 50.6 Å². The van der Waals surface area contributed by atoms with Crippen molar-refractivity contribution < 1.29 is 4.39 Å². The molecule has 17 heavy (non-hydrogen) atoms. The fourth-order valence-electron chi connectivity index (χ4n) is 2.89. The van der Waals surface area contributed by atoms with Crippen LogP contribution in [0.3, 0.4) is 0 Å². The predicted molar refractivity (Wildman–Crippen MR) is 66.3 cm³/mol. The maximum absolute atomic E-state index is 13.3. The zero-order chi connectivity index (χ0) is 12.3. The molecule has 1 nitrogen and oxygen atoms in total. The Bertz CT molecular complexity index is 425. The molecule has 1 saturated carbocycles. The van der Waals surface area contributed by atoms with Crippen LogP contribution >= 0.6 is 0 Å². The lowest BCUT2D eigenvalue weighted by Gasteiger charge is -2.27. The second-order valence-corrected chi connectivity index (χ2v) is 5.06. The van der Waals surface area contributed by atoms with E-state index in [2.05, 4.69) is 12.1 Å². The van der Waals surface area contributed by atoms with Crippen LogP contribution in [-0.4, -0.2) is 0 Å². The third kappa shape index (κ3) is 2.34. The fourth-order valence-corrected chi connectivity index (χ4v) is 2.89. The molecule has 1 aromatic carbocycles. The molecule has 1 aromatic rings. The summed E-state index contributed by atoms with van der Waals surface area (Å²) in [6, 6.07) is 10.0. The van der Waals surface area contributed by atoms with E-state index in [4.69, 9.17) is 5.26 Å². The van der Waals surface area contributed by atoms with Crippen LogP contribution in [0.15, 0.2) is 24.3 Å². The van der Waals surface area contributed by atoms with E-state index >= 15 is 0 Å². The Morgan fingerprint density at radius 2 is 2.12 bits per heavy atom. The molecule has 2 heteroatoms. The molecule has 1 atom stereocenters. The molecule has 1 aliphatic carbocycles. The lowest BCUT2D eigenvalue weighted by molar-refractivity contribution is 0.372. The third-order valence-corrected chi connectivity index (χ3v) is 3.94. The van der Waals surface area contributed by atoms with E-state index in [1.807, 2.05) is 18.2 Å². The van der Waals surface area contributed by atoms with Crippen LogP contribution in [0.4, 0.5) is 4.39 Å². The summed E-state index contributed by atoms with van der Waals surface area (Å²) < 4.78 is 13.3. The molecule has 90 valence electrons. The molecular formula is C15H18FN. The first-order valence-corrected chi connectivity index (χ1v) is 6.29. The number of rotatable bonds is 3. The summed E-state index contributed by atoms with van der Waals surface area (Å²) in [5.74, 6) is 0. The molecule has 0 N–H and O–H groups in total. The molecule has 1 unspecified atom stereocenters. The van der Waals surface area contributed by atoms with Crippen LogP contribution in [0.25, 0.3) is 0 Å². The maximum Gasteiger partial charge on any atom is 0.122 e. The van der Waals surface area contributed by atoms with Gasteiger partial charge in [-0.25, -0.2) is 4.39 Å². The summed E-state index contributed by atoms with van der Waals surface area (Å²) in [5, 5.41) is 9.01. The zero-order valence-electron chi connectivity index (χ0n) is 10.2. The van der Waals surface area contributed by atoms with Crippen molar-refractivity contribution in [1.29, 1.82) is 5.26 Å². The number of benzene rings is 1. The normalized spacial score (nSPS) is 19.8. The number of alkyl halides is 1. The average molecular weight is 231 g/mol. The number of halogens is 1. The van der Waals surface area contributed by atoms with Crippen molar-refractivity contribution in [2.75, 3.05) is 0 Å². The van der Waals surface area contributed by atoms with E-state index < -0.39 is 6.17 Å². The Kier molecular flexibility index (Phi) is 3.47. The van der Waals surface area contributed by atoms with Gasteiger partial charge in [0.05, 0.1) is 6.07 Å². The van der Waals surface area contributed by atoms with E-state index in [-0.39, 0.29) is 5.41 Å². The highest BCUT2D eigenvalue weighted by Crippen LogP contribution is 2.44. The van der Waals surface area contributed by atoms with E-state index in [0.29, 0.717) is 6.42 Å². The number of nitrogens with zero attached hydrogens (tertiary/aromatic N) is 1. The van der Waals surface area contributed by atoms with Crippen LogP contribution in [-0.2, 0) is 5.41 Å². The van der Waals surface area contributed by atoms with Gasteiger partial charge in [0.1, 0.15) is 6.17 Å². The monoisotopic (exact) mass is 231 g/mol. The largest absolute Gasteiger partial charge is 0.243 e. The summed E-state index contributed by atoms with van der Waals surface area (Å²) in [7, 11) is 0. The Hall–Kier alpha value is -1.36. The first kappa shape index (κ1) is 12.1. The second-order valence-electron chi connectivity index (χ2n) is 5.06. The molecular weight excluding hydrogens is 213 g/mol. The summed E-state index contributed by atoms with van der Waals surface area (Å²) in [6.45, 7) is 1.56. The number of nitriles is 1. The summed E-state index contributed by atoms with van der Waals surface area (Å²) >= 11 is 0. The molecule has 0 aliphatic heterocycles. The quantitative estimate of drug-likeness (QED) is 0.754. The first-order valence-electron chi connectivity index (χ1n) is 6.29.